The van der Waals surface area contributed by atoms with Crippen molar-refractivity contribution in [1.29, 1.82) is 0 Å². The molecule has 1 aromatic heterocycles. The predicted molar refractivity (Wildman–Crippen MR) is 111 cm³/mol. The van der Waals surface area contributed by atoms with E-state index < -0.39 is 21.6 Å². The molecule has 2 aromatic carbocycles. The zero-order valence-electron chi connectivity index (χ0n) is 16.2. The van der Waals surface area contributed by atoms with E-state index in [-0.39, 0.29) is 18.0 Å². The van der Waals surface area contributed by atoms with Gasteiger partial charge in [-0.15, -0.1) is 0 Å². The van der Waals surface area contributed by atoms with Gasteiger partial charge >= 0.3 is 5.63 Å². The number of sulfonamides is 1. The van der Waals surface area contributed by atoms with Crippen molar-refractivity contribution in [3.8, 4) is 0 Å². The van der Waals surface area contributed by atoms with Gasteiger partial charge in [0.1, 0.15) is 5.58 Å². The molecule has 1 N–H and O–H groups in total. The third-order valence-electron chi connectivity index (χ3n) is 4.44. The Morgan fingerprint density at radius 1 is 1.10 bits per heavy atom. The van der Waals surface area contributed by atoms with Crippen LogP contribution in [-0.2, 0) is 14.8 Å². The molecule has 0 atom stereocenters. The molecule has 0 aliphatic heterocycles. The van der Waals surface area contributed by atoms with E-state index in [1.165, 1.54) is 30.3 Å². The zero-order chi connectivity index (χ0) is 21.0. The SMILES string of the molecule is CCCN(CC(=O)Nc1ccccc1C)S(=O)(=O)c1ccc2oc(=O)ccc2c1. The minimum atomic E-state index is -3.91. The summed E-state index contributed by atoms with van der Waals surface area (Å²) in [6.45, 7) is 3.61. The number of para-hydroxylation sites is 1. The highest BCUT2D eigenvalue weighted by atomic mass is 32.2. The summed E-state index contributed by atoms with van der Waals surface area (Å²) < 4.78 is 32.5. The van der Waals surface area contributed by atoms with Crippen LogP contribution in [0.15, 0.2) is 68.7 Å². The van der Waals surface area contributed by atoms with Crippen LogP contribution in [0.2, 0.25) is 0 Å². The molecular formula is C21H22N2O5S. The topological polar surface area (TPSA) is 96.7 Å². The summed E-state index contributed by atoms with van der Waals surface area (Å²) in [5.74, 6) is -0.414. The Morgan fingerprint density at radius 2 is 1.86 bits per heavy atom. The fraction of sp³-hybridized carbons (Fsp3) is 0.238. The molecular weight excluding hydrogens is 392 g/mol. The second kappa shape index (κ2) is 8.59. The number of carbonyl (C=O) groups excluding carboxylic acids is 1. The van der Waals surface area contributed by atoms with Crippen LogP contribution in [0, 0.1) is 6.92 Å². The predicted octanol–water partition coefficient (Wildman–Crippen LogP) is 3.14. The standard InChI is InChI=1S/C21H22N2O5S/c1-3-12-23(14-20(24)22-18-7-5-4-6-15(18)2)29(26,27)17-9-10-19-16(13-17)8-11-21(25)28-19/h4-11,13H,3,12,14H2,1-2H3,(H,22,24). The van der Waals surface area contributed by atoms with Crippen LogP contribution in [0.25, 0.3) is 11.0 Å². The van der Waals surface area contributed by atoms with E-state index in [1.54, 1.807) is 12.1 Å². The Labute approximate surface area is 169 Å². The van der Waals surface area contributed by atoms with Gasteiger partial charge in [0.15, 0.2) is 0 Å². The first-order valence-corrected chi connectivity index (χ1v) is 10.6. The highest BCUT2D eigenvalue weighted by Gasteiger charge is 2.26. The fourth-order valence-electron chi connectivity index (χ4n) is 2.96. The first-order valence-electron chi connectivity index (χ1n) is 9.21. The number of rotatable bonds is 7. The maximum absolute atomic E-state index is 13.1. The average molecular weight is 414 g/mol. The van der Waals surface area contributed by atoms with Gasteiger partial charge in [-0.05, 0) is 49.2 Å². The van der Waals surface area contributed by atoms with Crippen molar-refractivity contribution in [3.05, 3.63) is 70.6 Å². The van der Waals surface area contributed by atoms with Crippen LogP contribution >= 0.6 is 0 Å². The summed E-state index contributed by atoms with van der Waals surface area (Å²) in [5, 5.41) is 3.26. The monoisotopic (exact) mass is 414 g/mol. The van der Waals surface area contributed by atoms with E-state index in [2.05, 4.69) is 5.32 Å². The van der Waals surface area contributed by atoms with Crippen molar-refractivity contribution >= 4 is 32.6 Å². The lowest BCUT2D eigenvalue weighted by Crippen LogP contribution is -2.38. The summed E-state index contributed by atoms with van der Waals surface area (Å²) in [5.41, 5.74) is 1.33. The minimum Gasteiger partial charge on any atom is -0.423 e. The molecule has 0 fully saturated rings. The summed E-state index contributed by atoms with van der Waals surface area (Å²) >= 11 is 0. The van der Waals surface area contributed by atoms with E-state index in [4.69, 9.17) is 4.42 Å². The zero-order valence-corrected chi connectivity index (χ0v) is 17.0. The van der Waals surface area contributed by atoms with Crippen molar-refractivity contribution in [2.24, 2.45) is 0 Å². The Kier molecular flexibility index (Phi) is 6.14. The average Bonchev–Trinajstić information content (AvgIpc) is 2.69. The summed E-state index contributed by atoms with van der Waals surface area (Å²) in [7, 11) is -3.91. The van der Waals surface area contributed by atoms with Gasteiger partial charge in [0, 0.05) is 23.7 Å². The number of hydrogen-bond acceptors (Lipinski definition) is 5. The van der Waals surface area contributed by atoms with Crippen molar-refractivity contribution in [2.45, 2.75) is 25.2 Å². The highest BCUT2D eigenvalue weighted by Crippen LogP contribution is 2.22. The number of amides is 1. The molecule has 0 spiro atoms. The lowest BCUT2D eigenvalue weighted by molar-refractivity contribution is -0.116. The van der Waals surface area contributed by atoms with E-state index >= 15 is 0 Å². The van der Waals surface area contributed by atoms with Gasteiger partial charge in [-0.25, -0.2) is 13.2 Å². The number of hydrogen-bond donors (Lipinski definition) is 1. The summed E-state index contributed by atoms with van der Waals surface area (Å²) in [6, 6.07) is 14.3. The second-order valence-electron chi connectivity index (χ2n) is 6.66. The Balaban J connectivity index is 1.86. The number of benzene rings is 2. The van der Waals surface area contributed by atoms with Gasteiger partial charge < -0.3 is 9.73 Å². The normalized spacial score (nSPS) is 11.7. The van der Waals surface area contributed by atoms with Gasteiger partial charge in [-0.3, -0.25) is 4.79 Å². The molecule has 8 heteroatoms. The molecule has 3 rings (SSSR count). The Hall–Kier alpha value is -2.97. The molecule has 1 amide bonds. The van der Waals surface area contributed by atoms with Crippen molar-refractivity contribution in [1.82, 2.24) is 4.31 Å². The summed E-state index contributed by atoms with van der Waals surface area (Å²) in [4.78, 5) is 23.9. The van der Waals surface area contributed by atoms with Crippen molar-refractivity contribution in [3.63, 3.8) is 0 Å². The first kappa shape index (κ1) is 20.8. The maximum atomic E-state index is 13.1. The second-order valence-corrected chi connectivity index (χ2v) is 8.59. The molecule has 0 aliphatic carbocycles. The fourth-order valence-corrected chi connectivity index (χ4v) is 4.48. The van der Waals surface area contributed by atoms with Gasteiger partial charge in [0.05, 0.1) is 11.4 Å². The van der Waals surface area contributed by atoms with Crippen LogP contribution in [0.5, 0.6) is 0 Å². The van der Waals surface area contributed by atoms with E-state index in [9.17, 15) is 18.0 Å². The molecule has 152 valence electrons. The largest absolute Gasteiger partial charge is 0.423 e. The number of aryl methyl sites for hydroxylation is 1. The number of carbonyl (C=O) groups is 1. The van der Waals surface area contributed by atoms with Crippen LogP contribution in [-0.4, -0.2) is 31.7 Å². The number of nitrogens with zero attached hydrogens (tertiary/aromatic N) is 1. The maximum Gasteiger partial charge on any atom is 0.336 e. The third-order valence-corrected chi connectivity index (χ3v) is 6.28. The smallest absolute Gasteiger partial charge is 0.336 e. The van der Waals surface area contributed by atoms with E-state index in [1.807, 2.05) is 26.0 Å². The van der Waals surface area contributed by atoms with E-state index in [0.29, 0.717) is 23.1 Å². The van der Waals surface area contributed by atoms with Crippen LogP contribution < -0.4 is 10.9 Å². The Morgan fingerprint density at radius 3 is 2.59 bits per heavy atom. The molecule has 0 bridgehead atoms. The van der Waals surface area contributed by atoms with Crippen molar-refractivity contribution in [2.75, 3.05) is 18.4 Å². The van der Waals surface area contributed by atoms with Crippen LogP contribution in [0.4, 0.5) is 5.69 Å². The molecule has 0 radical (unpaired) electrons. The molecule has 0 unspecified atom stereocenters. The number of anilines is 1. The van der Waals surface area contributed by atoms with Gasteiger partial charge in [0.25, 0.3) is 0 Å². The first-order chi connectivity index (χ1) is 13.8. The molecule has 29 heavy (non-hydrogen) atoms. The van der Waals surface area contributed by atoms with Gasteiger partial charge in [-0.1, -0.05) is 25.1 Å². The number of nitrogens with one attached hydrogen (secondary N) is 1. The Bertz CT molecular complexity index is 1200. The van der Waals surface area contributed by atoms with Crippen molar-refractivity contribution < 1.29 is 17.6 Å². The minimum absolute atomic E-state index is 0.0380. The quantitative estimate of drug-likeness (QED) is 0.599. The molecule has 0 aliphatic rings. The number of fused-ring (bicyclic) bond motifs is 1. The lowest BCUT2D eigenvalue weighted by Gasteiger charge is -2.21. The third kappa shape index (κ3) is 4.72. The van der Waals surface area contributed by atoms with Gasteiger partial charge in [-0.2, -0.15) is 4.31 Å². The van der Waals surface area contributed by atoms with E-state index in [0.717, 1.165) is 9.87 Å². The summed E-state index contributed by atoms with van der Waals surface area (Å²) in [6.07, 6.45) is 0.555. The molecule has 0 saturated heterocycles. The lowest BCUT2D eigenvalue weighted by atomic mass is 10.2. The molecule has 0 saturated carbocycles. The van der Waals surface area contributed by atoms with Crippen LogP contribution in [0.3, 0.4) is 0 Å². The molecule has 7 nitrogen and oxygen atoms in total. The highest BCUT2D eigenvalue weighted by molar-refractivity contribution is 7.89. The van der Waals surface area contributed by atoms with Crippen LogP contribution in [0.1, 0.15) is 18.9 Å². The molecule has 3 aromatic rings. The van der Waals surface area contributed by atoms with Gasteiger partial charge in [0.2, 0.25) is 15.9 Å². The molecule has 1 heterocycles.